The quantitative estimate of drug-likeness (QED) is 0.555. The van der Waals surface area contributed by atoms with Crippen LogP contribution in [0.5, 0.6) is 0 Å². The number of benzene rings is 1. The Kier molecular flexibility index (Phi) is 3.27. The fourth-order valence-electron chi connectivity index (χ4n) is 1.71. The summed E-state index contributed by atoms with van der Waals surface area (Å²) in [5.74, 6) is 0.332. The maximum absolute atomic E-state index is 12.5. The summed E-state index contributed by atoms with van der Waals surface area (Å²) in [4.78, 5) is -1.82. The van der Waals surface area contributed by atoms with E-state index in [1.807, 2.05) is 20.8 Å². The predicted molar refractivity (Wildman–Crippen MR) is 65.7 cm³/mol. The molecule has 0 saturated carbocycles. The molecule has 0 saturated heterocycles. The fourth-order valence-corrected chi connectivity index (χ4v) is 2.36. The minimum absolute atomic E-state index is 0.0440. The Balaban J connectivity index is 3.09. The molecule has 0 fully saturated rings. The molecule has 2 unspecified atom stereocenters. The molecule has 1 aromatic rings. The highest BCUT2D eigenvalue weighted by atomic mass is 32.5. The summed E-state index contributed by atoms with van der Waals surface area (Å²) in [6, 6.07) is 3.25. The zero-order valence-electron chi connectivity index (χ0n) is 10.5. The second-order valence-electron chi connectivity index (χ2n) is 4.71. The second kappa shape index (κ2) is 3.85. The minimum Gasteiger partial charge on any atom is -0.0936 e. The Morgan fingerprint density at radius 3 is 1.72 bits per heavy atom. The summed E-state index contributed by atoms with van der Waals surface area (Å²) < 4.78 is 62.5. The van der Waals surface area contributed by atoms with Crippen molar-refractivity contribution in [3.05, 3.63) is 29.8 Å². The highest BCUT2D eigenvalue weighted by molar-refractivity contribution is 8.45. The fraction of sp³-hybridized carbons (Fsp3) is 0.500. The van der Waals surface area contributed by atoms with Crippen molar-refractivity contribution in [2.45, 2.75) is 38.0 Å². The zero-order chi connectivity index (χ0) is 14.3. The van der Waals surface area contributed by atoms with Crippen molar-refractivity contribution in [3.8, 4) is 0 Å². The molecule has 1 aromatic carbocycles. The van der Waals surface area contributed by atoms with E-state index in [1.54, 1.807) is 0 Å². The molecule has 0 aliphatic heterocycles. The van der Waals surface area contributed by atoms with Gasteiger partial charge in [-0.1, -0.05) is 58.8 Å². The van der Waals surface area contributed by atoms with Crippen LogP contribution in [0, 0.1) is 5.92 Å². The van der Waals surface area contributed by atoms with Gasteiger partial charge in [-0.15, -0.1) is 0 Å². The van der Waals surface area contributed by atoms with Gasteiger partial charge in [-0.3, -0.25) is 0 Å². The molecule has 0 aliphatic carbocycles. The van der Waals surface area contributed by atoms with E-state index in [9.17, 15) is 19.4 Å². The van der Waals surface area contributed by atoms with E-state index in [0.717, 1.165) is 18.6 Å². The van der Waals surface area contributed by atoms with Gasteiger partial charge >= 0.3 is 10.2 Å². The molecule has 1 rings (SSSR count). The molecule has 0 aliphatic rings. The Bertz CT molecular complexity index is 419. The van der Waals surface area contributed by atoms with Crippen molar-refractivity contribution in [2.24, 2.45) is 5.92 Å². The summed E-state index contributed by atoms with van der Waals surface area (Å²) in [6.07, 6.45) is 0.879. The second-order valence-corrected chi connectivity index (χ2v) is 7.12. The Hall–Kier alpha value is -0.780. The summed E-state index contributed by atoms with van der Waals surface area (Å²) >= 11 is 0. The monoisotopic (exact) mass is 288 g/mol. The van der Waals surface area contributed by atoms with Crippen molar-refractivity contribution in [1.29, 1.82) is 0 Å². The maximum Gasteiger partial charge on any atom is 0.310 e. The maximum atomic E-state index is 12.5. The molecule has 0 radical (unpaired) electrons. The van der Waals surface area contributed by atoms with Gasteiger partial charge in [0, 0.05) is 0 Å². The summed E-state index contributed by atoms with van der Waals surface area (Å²) in [5.41, 5.74) is 0.648. The summed E-state index contributed by atoms with van der Waals surface area (Å²) in [5, 5.41) is 0. The number of hydrogen-bond acceptors (Lipinski definition) is 0. The Morgan fingerprint density at radius 1 is 0.944 bits per heavy atom. The van der Waals surface area contributed by atoms with Gasteiger partial charge in [-0.25, -0.2) is 0 Å². The number of halogens is 5. The third kappa shape index (κ3) is 3.60. The zero-order valence-corrected chi connectivity index (χ0v) is 11.3. The number of hydrogen-bond donors (Lipinski definition) is 0. The Labute approximate surface area is 104 Å². The minimum atomic E-state index is -9.53. The third-order valence-corrected chi connectivity index (χ3v) is 4.51. The third-order valence-electron chi connectivity index (χ3n) is 3.35. The van der Waals surface area contributed by atoms with Crippen LogP contribution in [0.3, 0.4) is 0 Å². The normalized spacial score (nSPS) is 19.8. The molecular formula is C12H17F5S. The van der Waals surface area contributed by atoms with Gasteiger partial charge in [0.2, 0.25) is 0 Å². The van der Waals surface area contributed by atoms with Gasteiger partial charge in [0.1, 0.15) is 4.90 Å². The van der Waals surface area contributed by atoms with Crippen LogP contribution in [0.1, 0.15) is 38.7 Å². The molecule has 2 atom stereocenters. The first kappa shape index (κ1) is 15.3. The van der Waals surface area contributed by atoms with Crippen LogP contribution in [0.2, 0.25) is 0 Å². The van der Waals surface area contributed by atoms with E-state index in [4.69, 9.17) is 0 Å². The molecule has 0 aromatic heterocycles. The van der Waals surface area contributed by atoms with Crippen LogP contribution in [-0.2, 0) is 0 Å². The van der Waals surface area contributed by atoms with Gasteiger partial charge in [-0.2, -0.15) is 0 Å². The molecule has 6 heteroatoms. The van der Waals surface area contributed by atoms with Crippen LogP contribution >= 0.6 is 10.2 Å². The first-order valence-corrected chi connectivity index (χ1v) is 7.64. The lowest BCUT2D eigenvalue weighted by Crippen LogP contribution is -2.08. The lowest BCUT2D eigenvalue weighted by atomic mass is 9.87. The van der Waals surface area contributed by atoms with Crippen molar-refractivity contribution in [3.63, 3.8) is 0 Å². The molecule has 0 nitrogen and oxygen atoms in total. The van der Waals surface area contributed by atoms with Crippen LogP contribution in [0.4, 0.5) is 19.4 Å². The largest absolute Gasteiger partial charge is 0.310 e. The SMILES string of the molecule is CCC(C)C(C)c1ccc(S(F)(F)(F)(F)F)cc1. The van der Waals surface area contributed by atoms with Gasteiger partial charge in [0.05, 0.1) is 0 Å². The lowest BCUT2D eigenvalue weighted by Gasteiger charge is -2.40. The van der Waals surface area contributed by atoms with Crippen molar-refractivity contribution >= 4 is 10.2 Å². The summed E-state index contributed by atoms with van der Waals surface area (Å²) in [7, 11) is -9.53. The highest BCUT2D eigenvalue weighted by Crippen LogP contribution is 3.02. The van der Waals surface area contributed by atoms with Crippen LogP contribution < -0.4 is 0 Å². The molecule has 0 spiro atoms. The Morgan fingerprint density at radius 2 is 1.39 bits per heavy atom. The topological polar surface area (TPSA) is 0 Å². The predicted octanol–water partition coefficient (Wildman–Crippen LogP) is 6.49. The summed E-state index contributed by atoms with van der Waals surface area (Å²) in [6.45, 7) is 5.83. The standard InChI is InChI=1S/C12H17F5S/c1-4-9(2)10(3)11-5-7-12(8-6-11)18(13,14,15,16)17/h5-10H,4H2,1-3H3. The molecule has 0 bridgehead atoms. The number of rotatable bonds is 4. The lowest BCUT2D eigenvalue weighted by molar-refractivity contribution is 0.364. The molecule has 0 N–H and O–H groups in total. The highest BCUT2D eigenvalue weighted by Gasteiger charge is 2.65. The first-order chi connectivity index (χ1) is 7.85. The molecule has 106 valence electrons. The van der Waals surface area contributed by atoms with Crippen molar-refractivity contribution in [1.82, 2.24) is 0 Å². The molecule has 18 heavy (non-hydrogen) atoms. The van der Waals surface area contributed by atoms with Gasteiger partial charge in [0.15, 0.2) is 0 Å². The molecule has 0 amide bonds. The molecule has 0 heterocycles. The van der Waals surface area contributed by atoms with E-state index in [2.05, 4.69) is 0 Å². The van der Waals surface area contributed by atoms with Crippen LogP contribution in [0.15, 0.2) is 29.2 Å². The van der Waals surface area contributed by atoms with Crippen molar-refractivity contribution < 1.29 is 19.4 Å². The van der Waals surface area contributed by atoms with Crippen LogP contribution in [0.25, 0.3) is 0 Å². The first-order valence-electron chi connectivity index (χ1n) is 5.69. The average Bonchev–Trinajstić information content (AvgIpc) is 2.24. The van der Waals surface area contributed by atoms with Gasteiger partial charge in [-0.05, 0) is 29.5 Å². The van der Waals surface area contributed by atoms with E-state index >= 15 is 0 Å². The van der Waals surface area contributed by atoms with Crippen LogP contribution in [-0.4, -0.2) is 0 Å². The van der Waals surface area contributed by atoms with Crippen molar-refractivity contribution in [2.75, 3.05) is 0 Å². The van der Waals surface area contributed by atoms with Gasteiger partial charge in [0.25, 0.3) is 0 Å². The average molecular weight is 288 g/mol. The van der Waals surface area contributed by atoms with E-state index < -0.39 is 15.1 Å². The van der Waals surface area contributed by atoms with E-state index in [-0.39, 0.29) is 11.8 Å². The van der Waals surface area contributed by atoms with Gasteiger partial charge < -0.3 is 0 Å². The smallest absolute Gasteiger partial charge is 0.0936 e. The molecular weight excluding hydrogens is 271 g/mol. The van der Waals surface area contributed by atoms with E-state index in [1.165, 1.54) is 0 Å². The van der Waals surface area contributed by atoms with E-state index in [0.29, 0.717) is 17.7 Å².